The van der Waals surface area contributed by atoms with Crippen molar-refractivity contribution in [3.8, 4) is 0 Å². The lowest BCUT2D eigenvalue weighted by Gasteiger charge is -2.29. The van der Waals surface area contributed by atoms with Crippen molar-refractivity contribution in [1.29, 1.82) is 0 Å². The highest BCUT2D eigenvalue weighted by molar-refractivity contribution is 5.94. The minimum Gasteiger partial charge on any atom is -0.338 e. The van der Waals surface area contributed by atoms with Crippen LogP contribution in [0.25, 0.3) is 0 Å². The topological polar surface area (TPSA) is 68.3 Å². The minimum absolute atomic E-state index is 0. The lowest BCUT2D eigenvalue weighted by Crippen LogP contribution is -2.38. The van der Waals surface area contributed by atoms with Gasteiger partial charge in [0, 0.05) is 44.0 Å². The Balaban J connectivity index is 0.00000161. The molecular formula is C15H22ClN3O2. The molecule has 6 heteroatoms. The van der Waals surface area contributed by atoms with Crippen LogP contribution in [0, 0.1) is 11.8 Å². The van der Waals surface area contributed by atoms with Crippen molar-refractivity contribution in [2.24, 2.45) is 24.6 Å². The Morgan fingerprint density at radius 3 is 2.76 bits per heavy atom. The van der Waals surface area contributed by atoms with Crippen LogP contribution in [0.4, 0.5) is 0 Å². The SMILES string of the molecule is Cl.Cn1ccc(C(=O)N2CC3CCCC(N)C3C2)cc1=O. The molecule has 1 aromatic rings. The highest BCUT2D eigenvalue weighted by atomic mass is 35.5. The number of hydrogen-bond acceptors (Lipinski definition) is 3. The van der Waals surface area contributed by atoms with E-state index in [4.69, 9.17) is 5.73 Å². The summed E-state index contributed by atoms with van der Waals surface area (Å²) in [4.78, 5) is 26.0. The smallest absolute Gasteiger partial charge is 0.254 e. The fraction of sp³-hybridized carbons (Fsp3) is 0.600. The van der Waals surface area contributed by atoms with Gasteiger partial charge in [0.1, 0.15) is 0 Å². The molecule has 2 fully saturated rings. The van der Waals surface area contributed by atoms with Gasteiger partial charge < -0.3 is 15.2 Å². The van der Waals surface area contributed by atoms with Gasteiger partial charge in [-0.2, -0.15) is 0 Å². The van der Waals surface area contributed by atoms with Crippen LogP contribution in [0.5, 0.6) is 0 Å². The van der Waals surface area contributed by atoms with E-state index < -0.39 is 0 Å². The zero-order valence-corrected chi connectivity index (χ0v) is 13.0. The molecule has 0 radical (unpaired) electrons. The van der Waals surface area contributed by atoms with E-state index in [1.165, 1.54) is 17.1 Å². The number of likely N-dealkylation sites (tertiary alicyclic amines) is 1. The van der Waals surface area contributed by atoms with Crippen LogP contribution >= 0.6 is 12.4 Å². The highest BCUT2D eigenvalue weighted by Crippen LogP contribution is 2.35. The standard InChI is InChI=1S/C15H21N3O2.ClH/c1-17-6-5-10(7-14(17)19)15(20)18-8-11-3-2-4-13(16)12(11)9-18;/h5-7,11-13H,2-4,8-9,16H2,1H3;1H. The number of carbonyl (C=O) groups is 1. The first-order chi connectivity index (χ1) is 9.56. The maximum absolute atomic E-state index is 12.5. The number of aromatic nitrogens is 1. The minimum atomic E-state index is -0.149. The van der Waals surface area contributed by atoms with E-state index in [0.29, 0.717) is 17.4 Å². The number of nitrogens with zero attached hydrogens (tertiary/aromatic N) is 2. The summed E-state index contributed by atoms with van der Waals surface area (Å²) in [6.07, 6.45) is 5.04. The quantitative estimate of drug-likeness (QED) is 0.841. The van der Waals surface area contributed by atoms with Gasteiger partial charge in [-0.25, -0.2) is 0 Å². The number of rotatable bonds is 1. The molecule has 116 valence electrons. The van der Waals surface area contributed by atoms with Crippen LogP contribution in [0.1, 0.15) is 29.6 Å². The number of nitrogens with two attached hydrogens (primary N) is 1. The summed E-state index contributed by atoms with van der Waals surface area (Å²) in [6.45, 7) is 1.52. The molecule has 1 aliphatic heterocycles. The molecule has 1 aromatic heterocycles. The predicted octanol–water partition coefficient (Wildman–Crippen LogP) is 1.01. The van der Waals surface area contributed by atoms with Gasteiger partial charge >= 0.3 is 0 Å². The molecule has 3 rings (SSSR count). The third-order valence-corrected chi connectivity index (χ3v) is 4.79. The van der Waals surface area contributed by atoms with Crippen molar-refractivity contribution in [2.45, 2.75) is 25.3 Å². The third-order valence-electron chi connectivity index (χ3n) is 4.79. The molecular weight excluding hydrogens is 290 g/mol. The molecule has 2 N–H and O–H groups in total. The van der Waals surface area contributed by atoms with Gasteiger partial charge in [0.2, 0.25) is 0 Å². The van der Waals surface area contributed by atoms with Crippen LogP contribution in [0.3, 0.4) is 0 Å². The van der Waals surface area contributed by atoms with Crippen LogP contribution < -0.4 is 11.3 Å². The Bertz CT molecular complexity index is 587. The second-order valence-electron chi connectivity index (χ2n) is 6.09. The summed E-state index contributed by atoms with van der Waals surface area (Å²) >= 11 is 0. The van der Waals surface area contributed by atoms with Gasteiger partial charge in [0.25, 0.3) is 11.5 Å². The Kier molecular flexibility index (Phi) is 4.74. The first-order valence-electron chi connectivity index (χ1n) is 7.28. The van der Waals surface area contributed by atoms with Crippen LogP contribution in [-0.2, 0) is 7.05 Å². The largest absolute Gasteiger partial charge is 0.338 e. The lowest BCUT2D eigenvalue weighted by molar-refractivity contribution is 0.0783. The van der Waals surface area contributed by atoms with Crippen LogP contribution in [0.15, 0.2) is 23.1 Å². The van der Waals surface area contributed by atoms with Crippen molar-refractivity contribution in [3.05, 3.63) is 34.2 Å². The number of carbonyl (C=O) groups excluding carboxylic acids is 1. The van der Waals surface area contributed by atoms with Gasteiger partial charge in [-0.15, -0.1) is 12.4 Å². The summed E-state index contributed by atoms with van der Waals surface area (Å²) in [7, 11) is 1.68. The highest BCUT2D eigenvalue weighted by Gasteiger charge is 2.40. The Labute approximate surface area is 130 Å². The zero-order chi connectivity index (χ0) is 14.3. The van der Waals surface area contributed by atoms with Crippen LogP contribution in [-0.4, -0.2) is 34.5 Å². The van der Waals surface area contributed by atoms with Crippen molar-refractivity contribution in [2.75, 3.05) is 13.1 Å². The Morgan fingerprint density at radius 1 is 1.33 bits per heavy atom. The molecule has 1 aliphatic carbocycles. The molecule has 21 heavy (non-hydrogen) atoms. The molecule has 3 atom stereocenters. The fourth-order valence-corrected chi connectivity index (χ4v) is 3.55. The fourth-order valence-electron chi connectivity index (χ4n) is 3.55. The lowest BCUT2D eigenvalue weighted by atomic mass is 9.78. The van der Waals surface area contributed by atoms with Gasteiger partial charge in [0.15, 0.2) is 0 Å². The molecule has 0 aromatic carbocycles. The first-order valence-corrected chi connectivity index (χ1v) is 7.28. The second kappa shape index (κ2) is 6.20. The van der Waals surface area contributed by atoms with Crippen molar-refractivity contribution < 1.29 is 4.79 Å². The number of pyridine rings is 1. The van der Waals surface area contributed by atoms with Gasteiger partial charge in [-0.1, -0.05) is 6.42 Å². The number of fused-ring (bicyclic) bond motifs is 1. The molecule has 0 bridgehead atoms. The molecule has 1 saturated carbocycles. The maximum atomic E-state index is 12.5. The van der Waals surface area contributed by atoms with E-state index >= 15 is 0 Å². The third kappa shape index (κ3) is 2.99. The van der Waals surface area contributed by atoms with Crippen molar-refractivity contribution in [3.63, 3.8) is 0 Å². The van der Waals surface area contributed by atoms with Crippen LogP contribution in [0.2, 0.25) is 0 Å². The zero-order valence-electron chi connectivity index (χ0n) is 12.2. The number of aryl methyl sites for hydroxylation is 1. The first kappa shape index (κ1) is 16.0. The number of halogens is 1. The summed E-state index contributed by atoms with van der Waals surface area (Å²) in [5.74, 6) is 0.929. The van der Waals surface area contributed by atoms with E-state index in [9.17, 15) is 9.59 Å². The maximum Gasteiger partial charge on any atom is 0.254 e. The number of hydrogen-bond donors (Lipinski definition) is 1. The monoisotopic (exact) mass is 311 g/mol. The molecule has 5 nitrogen and oxygen atoms in total. The van der Waals surface area contributed by atoms with E-state index in [-0.39, 0.29) is 29.9 Å². The Hall–Kier alpha value is -1.33. The summed E-state index contributed by atoms with van der Waals surface area (Å²) < 4.78 is 1.47. The van der Waals surface area contributed by atoms with E-state index in [2.05, 4.69) is 0 Å². The van der Waals surface area contributed by atoms with Gasteiger partial charge in [-0.05, 0) is 30.7 Å². The van der Waals surface area contributed by atoms with Gasteiger partial charge in [-0.3, -0.25) is 9.59 Å². The number of amides is 1. The molecule has 1 amide bonds. The second-order valence-corrected chi connectivity index (χ2v) is 6.09. The molecule has 2 aliphatic rings. The van der Waals surface area contributed by atoms with E-state index in [1.807, 2.05) is 4.90 Å². The molecule has 0 spiro atoms. The predicted molar refractivity (Wildman–Crippen MR) is 83.6 cm³/mol. The van der Waals surface area contributed by atoms with E-state index in [1.54, 1.807) is 19.3 Å². The molecule has 3 unspecified atom stereocenters. The molecule has 2 heterocycles. The average Bonchev–Trinajstić information content (AvgIpc) is 2.86. The van der Waals surface area contributed by atoms with Gasteiger partial charge in [0.05, 0.1) is 0 Å². The van der Waals surface area contributed by atoms with E-state index in [0.717, 1.165) is 25.9 Å². The normalized spacial score (nSPS) is 27.9. The van der Waals surface area contributed by atoms with Crippen molar-refractivity contribution in [1.82, 2.24) is 9.47 Å². The van der Waals surface area contributed by atoms with Crippen molar-refractivity contribution >= 4 is 18.3 Å². The Morgan fingerprint density at radius 2 is 2.10 bits per heavy atom. The summed E-state index contributed by atoms with van der Waals surface area (Å²) in [5, 5.41) is 0. The summed E-state index contributed by atoms with van der Waals surface area (Å²) in [5.41, 5.74) is 6.51. The summed E-state index contributed by atoms with van der Waals surface area (Å²) in [6, 6.07) is 3.35. The molecule has 1 saturated heterocycles. The average molecular weight is 312 g/mol.